The van der Waals surface area contributed by atoms with Crippen LogP contribution >= 0.6 is 0 Å². The smallest absolute Gasteiger partial charge is 0.213 e. The van der Waals surface area contributed by atoms with Crippen LogP contribution in [0.4, 0.5) is 4.39 Å². The molecule has 0 amide bonds. The van der Waals surface area contributed by atoms with E-state index in [1.165, 1.54) is 6.07 Å². The molecule has 0 saturated carbocycles. The van der Waals surface area contributed by atoms with Crippen molar-refractivity contribution in [1.29, 1.82) is 0 Å². The minimum absolute atomic E-state index is 0.0494. The van der Waals surface area contributed by atoms with Crippen molar-refractivity contribution in [2.45, 2.75) is 32.2 Å². The maximum absolute atomic E-state index is 14.2. The Balaban J connectivity index is 1.33. The average Bonchev–Trinajstić information content (AvgIpc) is 3.33. The number of benzene rings is 1. The Labute approximate surface area is 168 Å². The standard InChI is InChI=1S/C21H22FN5O2/c1-2-28-20-8-7-14(9-23-20)10-26-11-17-19(12-26)29-13-18-21(24-25-27(17)18)15-5-3-4-6-16(15)22/h3-9,17,19H,2,10-13H2,1H3/t17-,19-/m1/s1. The second-order valence-corrected chi connectivity index (χ2v) is 7.36. The van der Waals surface area contributed by atoms with E-state index >= 15 is 0 Å². The maximum atomic E-state index is 14.2. The number of ether oxygens (including phenoxy) is 2. The van der Waals surface area contributed by atoms with Crippen LogP contribution in [-0.2, 0) is 17.9 Å². The van der Waals surface area contributed by atoms with Gasteiger partial charge in [0.1, 0.15) is 11.5 Å². The quantitative estimate of drug-likeness (QED) is 0.662. The molecule has 1 fully saturated rings. The average molecular weight is 395 g/mol. The first-order chi connectivity index (χ1) is 14.2. The van der Waals surface area contributed by atoms with Crippen molar-refractivity contribution in [3.8, 4) is 17.1 Å². The molecule has 2 atom stereocenters. The van der Waals surface area contributed by atoms with Crippen LogP contribution < -0.4 is 4.74 Å². The van der Waals surface area contributed by atoms with E-state index < -0.39 is 0 Å². The van der Waals surface area contributed by atoms with Crippen molar-refractivity contribution in [3.05, 3.63) is 59.7 Å². The highest BCUT2D eigenvalue weighted by Crippen LogP contribution is 2.35. The predicted octanol–water partition coefficient (Wildman–Crippen LogP) is 2.83. The number of hydrogen-bond donors (Lipinski definition) is 0. The molecule has 7 nitrogen and oxygen atoms in total. The number of hydrogen-bond acceptors (Lipinski definition) is 6. The van der Waals surface area contributed by atoms with Crippen molar-refractivity contribution >= 4 is 0 Å². The van der Waals surface area contributed by atoms with Gasteiger partial charge in [-0.1, -0.05) is 23.4 Å². The van der Waals surface area contributed by atoms with E-state index in [-0.39, 0.29) is 18.0 Å². The van der Waals surface area contributed by atoms with E-state index in [1.54, 1.807) is 18.2 Å². The molecule has 2 aliphatic heterocycles. The summed E-state index contributed by atoms with van der Waals surface area (Å²) < 4.78 is 27.7. The second kappa shape index (κ2) is 7.53. The molecule has 8 heteroatoms. The molecule has 2 aliphatic rings. The fraction of sp³-hybridized carbons (Fsp3) is 0.381. The highest BCUT2D eigenvalue weighted by Gasteiger charge is 2.40. The van der Waals surface area contributed by atoms with E-state index in [9.17, 15) is 4.39 Å². The third-order valence-corrected chi connectivity index (χ3v) is 5.48. The van der Waals surface area contributed by atoms with Crippen molar-refractivity contribution < 1.29 is 13.9 Å². The van der Waals surface area contributed by atoms with Gasteiger partial charge >= 0.3 is 0 Å². The summed E-state index contributed by atoms with van der Waals surface area (Å²) in [4.78, 5) is 6.66. The van der Waals surface area contributed by atoms with E-state index in [0.29, 0.717) is 30.4 Å². The van der Waals surface area contributed by atoms with Gasteiger partial charge in [0.15, 0.2) is 0 Å². The molecule has 0 unspecified atom stereocenters. The van der Waals surface area contributed by atoms with Crippen LogP contribution in [0.25, 0.3) is 11.3 Å². The molecule has 29 heavy (non-hydrogen) atoms. The highest BCUT2D eigenvalue weighted by atomic mass is 19.1. The highest BCUT2D eigenvalue weighted by molar-refractivity contribution is 5.62. The third kappa shape index (κ3) is 3.38. The topological polar surface area (TPSA) is 65.3 Å². The number of aromatic nitrogens is 4. The molecular weight excluding hydrogens is 373 g/mol. The van der Waals surface area contributed by atoms with Crippen molar-refractivity contribution in [2.75, 3.05) is 19.7 Å². The Morgan fingerprint density at radius 1 is 1.21 bits per heavy atom. The number of fused-ring (bicyclic) bond motifs is 3. The first kappa shape index (κ1) is 18.2. The summed E-state index contributed by atoms with van der Waals surface area (Å²) in [5.41, 5.74) is 2.99. The summed E-state index contributed by atoms with van der Waals surface area (Å²) >= 11 is 0. The lowest BCUT2D eigenvalue weighted by Gasteiger charge is -2.26. The zero-order valence-corrected chi connectivity index (χ0v) is 16.2. The normalized spacial score (nSPS) is 21.0. The molecule has 1 aromatic carbocycles. The fourth-order valence-electron chi connectivity index (χ4n) is 4.12. The summed E-state index contributed by atoms with van der Waals surface area (Å²) in [5, 5.41) is 8.63. The number of pyridine rings is 1. The van der Waals surface area contributed by atoms with E-state index in [0.717, 1.165) is 30.9 Å². The van der Waals surface area contributed by atoms with Crippen LogP contribution in [0, 0.1) is 5.82 Å². The lowest BCUT2D eigenvalue weighted by molar-refractivity contribution is -0.00495. The van der Waals surface area contributed by atoms with Crippen LogP contribution in [-0.4, -0.2) is 50.7 Å². The van der Waals surface area contributed by atoms with Crippen LogP contribution in [0.1, 0.15) is 24.2 Å². The SMILES string of the molecule is CCOc1ccc(CN2C[C@@H]3[C@@H](C2)OCc2c(-c4ccccc4F)nnn23)cn1. The van der Waals surface area contributed by atoms with Gasteiger partial charge in [0.05, 0.1) is 31.1 Å². The zero-order valence-electron chi connectivity index (χ0n) is 16.2. The fourth-order valence-corrected chi connectivity index (χ4v) is 4.12. The number of rotatable bonds is 5. The Morgan fingerprint density at radius 3 is 2.90 bits per heavy atom. The van der Waals surface area contributed by atoms with Crippen LogP contribution in [0.3, 0.4) is 0 Å². The van der Waals surface area contributed by atoms with Crippen LogP contribution in [0.5, 0.6) is 5.88 Å². The number of nitrogens with zero attached hydrogens (tertiary/aromatic N) is 5. The molecule has 0 radical (unpaired) electrons. The molecule has 3 aromatic rings. The van der Waals surface area contributed by atoms with Gasteiger partial charge in [-0.05, 0) is 24.6 Å². The third-order valence-electron chi connectivity index (χ3n) is 5.48. The summed E-state index contributed by atoms with van der Waals surface area (Å²) in [6, 6.07) is 10.7. The van der Waals surface area contributed by atoms with Crippen molar-refractivity contribution in [2.24, 2.45) is 0 Å². The lowest BCUT2D eigenvalue weighted by Crippen LogP contribution is -2.32. The van der Waals surface area contributed by atoms with Gasteiger partial charge < -0.3 is 9.47 Å². The van der Waals surface area contributed by atoms with Gasteiger partial charge in [-0.3, -0.25) is 4.90 Å². The summed E-state index contributed by atoms with van der Waals surface area (Å²) in [6.07, 6.45) is 1.90. The van der Waals surface area contributed by atoms with E-state index in [2.05, 4.69) is 20.2 Å². The van der Waals surface area contributed by atoms with Gasteiger partial charge in [-0.2, -0.15) is 0 Å². The minimum Gasteiger partial charge on any atom is -0.478 e. The first-order valence-electron chi connectivity index (χ1n) is 9.83. The van der Waals surface area contributed by atoms with Gasteiger partial charge in [0.25, 0.3) is 0 Å². The molecule has 1 saturated heterocycles. The molecule has 4 heterocycles. The van der Waals surface area contributed by atoms with Gasteiger partial charge in [-0.25, -0.2) is 14.1 Å². The van der Waals surface area contributed by atoms with Gasteiger partial charge in [0.2, 0.25) is 5.88 Å². The molecule has 150 valence electrons. The zero-order chi connectivity index (χ0) is 19.8. The Morgan fingerprint density at radius 2 is 2.10 bits per heavy atom. The molecule has 0 N–H and O–H groups in total. The largest absolute Gasteiger partial charge is 0.478 e. The molecule has 0 aliphatic carbocycles. The minimum atomic E-state index is -0.297. The first-order valence-corrected chi connectivity index (χ1v) is 9.83. The summed E-state index contributed by atoms with van der Waals surface area (Å²) in [6.45, 7) is 5.32. The van der Waals surface area contributed by atoms with Crippen molar-refractivity contribution in [3.63, 3.8) is 0 Å². The van der Waals surface area contributed by atoms with E-state index in [1.807, 2.05) is 29.9 Å². The predicted molar refractivity (Wildman–Crippen MR) is 104 cm³/mol. The molecule has 0 bridgehead atoms. The van der Waals surface area contributed by atoms with Gasteiger partial charge in [-0.15, -0.1) is 5.10 Å². The summed E-state index contributed by atoms with van der Waals surface area (Å²) in [7, 11) is 0. The summed E-state index contributed by atoms with van der Waals surface area (Å²) in [5.74, 6) is 0.344. The van der Waals surface area contributed by atoms with Crippen LogP contribution in [0.15, 0.2) is 42.6 Å². The Hall–Kier alpha value is -2.84. The molecule has 2 aromatic heterocycles. The molecule has 5 rings (SSSR count). The van der Waals surface area contributed by atoms with E-state index in [4.69, 9.17) is 9.47 Å². The van der Waals surface area contributed by atoms with Crippen molar-refractivity contribution in [1.82, 2.24) is 24.9 Å². The Bertz CT molecular complexity index is 1010. The molecule has 0 spiro atoms. The monoisotopic (exact) mass is 395 g/mol. The number of likely N-dealkylation sites (tertiary alicyclic amines) is 1. The second-order valence-electron chi connectivity index (χ2n) is 7.36. The number of halogens is 1. The van der Waals surface area contributed by atoms with Crippen LogP contribution in [0.2, 0.25) is 0 Å². The lowest BCUT2D eigenvalue weighted by atomic mass is 10.1. The molecular formula is C21H22FN5O2. The maximum Gasteiger partial charge on any atom is 0.213 e. The van der Waals surface area contributed by atoms with Gasteiger partial charge in [0, 0.05) is 37.5 Å². The Kier molecular flexibility index (Phi) is 4.73.